The van der Waals surface area contributed by atoms with Crippen LogP contribution >= 0.6 is 11.6 Å². The lowest BCUT2D eigenvalue weighted by molar-refractivity contribution is -0.122. The maximum absolute atomic E-state index is 12.9. The molecule has 0 aromatic heterocycles. The molecule has 33 heavy (non-hydrogen) atoms. The number of urea groups is 1. The first-order chi connectivity index (χ1) is 16.0. The molecule has 0 spiro atoms. The van der Waals surface area contributed by atoms with Crippen LogP contribution in [0.15, 0.2) is 60.9 Å². The fraction of sp³-hybridized carbons (Fsp3) is 0.304. The Kier molecular flexibility index (Phi) is 5.84. The Morgan fingerprint density at radius 2 is 1.88 bits per heavy atom. The average molecular weight is 469 g/mol. The molecule has 0 radical (unpaired) electrons. The predicted octanol–water partition coefficient (Wildman–Crippen LogP) is 2.34. The lowest BCUT2D eigenvalue weighted by Crippen LogP contribution is -2.54. The van der Waals surface area contributed by atoms with Crippen molar-refractivity contribution in [3.63, 3.8) is 0 Å². The van der Waals surface area contributed by atoms with Crippen molar-refractivity contribution in [3.05, 3.63) is 77.1 Å². The molecule has 0 saturated carbocycles. The molecule has 3 unspecified atom stereocenters. The third-order valence-electron chi connectivity index (χ3n) is 6.15. The van der Waals surface area contributed by atoms with E-state index in [-0.39, 0.29) is 36.7 Å². The summed E-state index contributed by atoms with van der Waals surface area (Å²) in [5.74, 6) is 0.570. The lowest BCUT2D eigenvalue weighted by atomic mass is 10.00. The second-order valence-corrected chi connectivity index (χ2v) is 8.65. The van der Waals surface area contributed by atoms with Gasteiger partial charge >= 0.3 is 6.03 Å². The van der Waals surface area contributed by atoms with Crippen LogP contribution in [0.25, 0.3) is 0 Å². The number of amides is 3. The summed E-state index contributed by atoms with van der Waals surface area (Å²) in [5.41, 5.74) is 8.79. The molecule has 2 aromatic carbocycles. The normalized spacial score (nSPS) is 23.5. The van der Waals surface area contributed by atoms with E-state index in [4.69, 9.17) is 16.3 Å². The molecule has 3 amide bonds. The summed E-state index contributed by atoms with van der Waals surface area (Å²) in [6.45, 7) is 0.296. The number of benzene rings is 2. The van der Waals surface area contributed by atoms with Gasteiger partial charge in [0.05, 0.1) is 19.2 Å². The van der Waals surface area contributed by atoms with Gasteiger partial charge in [-0.15, -0.1) is 0 Å². The van der Waals surface area contributed by atoms with E-state index in [2.05, 4.69) is 16.2 Å². The Balaban J connectivity index is 1.20. The second kappa shape index (κ2) is 8.93. The molecule has 0 bridgehead atoms. The van der Waals surface area contributed by atoms with Crippen LogP contribution in [0.3, 0.4) is 0 Å². The third kappa shape index (κ3) is 4.35. The van der Waals surface area contributed by atoms with Crippen LogP contribution in [0.2, 0.25) is 5.02 Å². The van der Waals surface area contributed by atoms with Gasteiger partial charge in [-0.05, 0) is 41.8 Å². The van der Waals surface area contributed by atoms with Crippen molar-refractivity contribution in [3.8, 4) is 5.75 Å². The van der Waals surface area contributed by atoms with Gasteiger partial charge in [0.1, 0.15) is 18.5 Å². The van der Waals surface area contributed by atoms with Gasteiger partial charge in [0, 0.05) is 24.0 Å². The number of hydrogen-bond acceptors (Lipinski definition) is 6. The zero-order valence-corrected chi connectivity index (χ0v) is 18.8. The molecule has 2 fully saturated rings. The summed E-state index contributed by atoms with van der Waals surface area (Å²) < 4.78 is 5.25. The first-order valence-corrected chi connectivity index (χ1v) is 11.1. The fourth-order valence-electron chi connectivity index (χ4n) is 4.39. The van der Waals surface area contributed by atoms with E-state index in [1.807, 2.05) is 47.6 Å². The molecule has 3 aliphatic heterocycles. The van der Waals surface area contributed by atoms with Crippen LogP contribution in [0.1, 0.15) is 23.6 Å². The minimum Gasteiger partial charge on any atom is -0.497 e. The average Bonchev–Trinajstić information content (AvgIpc) is 3.40. The number of hydrogen-bond donors (Lipinski definition) is 3. The van der Waals surface area contributed by atoms with Gasteiger partial charge in [-0.25, -0.2) is 20.7 Å². The molecule has 5 rings (SSSR count). The van der Waals surface area contributed by atoms with E-state index in [0.29, 0.717) is 11.6 Å². The zero-order valence-electron chi connectivity index (χ0n) is 18.1. The van der Waals surface area contributed by atoms with E-state index in [1.54, 1.807) is 30.3 Å². The number of nitrogens with one attached hydrogen (secondary N) is 3. The molecule has 3 heterocycles. The molecule has 10 heteroatoms. The van der Waals surface area contributed by atoms with Crippen LogP contribution in [0.4, 0.5) is 4.79 Å². The van der Waals surface area contributed by atoms with Crippen LogP contribution in [0, 0.1) is 0 Å². The number of hydrazine groups is 2. The first-order valence-electron chi connectivity index (χ1n) is 10.8. The van der Waals surface area contributed by atoms with Gasteiger partial charge in [-0.3, -0.25) is 9.69 Å². The molecule has 2 aromatic rings. The van der Waals surface area contributed by atoms with Crippen molar-refractivity contribution >= 4 is 23.5 Å². The molecule has 3 N–H and O–H groups in total. The Bertz CT molecular complexity index is 1060. The Morgan fingerprint density at radius 1 is 1.12 bits per heavy atom. The van der Waals surface area contributed by atoms with Gasteiger partial charge in [0.15, 0.2) is 0 Å². The standard InChI is InChI=1S/C23H25ClN6O3/c1-33-18-8-4-16(5-9-18)19-12-20-22-27-30(23(32)28(22)10-11-29(20)26-19)14-21(31)25-13-15-2-6-17(24)7-3-15/h2-11,19-20,22,26-27H,12-14H2,1H3,(H,25,31). The molecule has 172 valence electrons. The number of ether oxygens (including phenoxy) is 1. The van der Waals surface area contributed by atoms with Crippen molar-refractivity contribution in [2.45, 2.75) is 31.2 Å². The largest absolute Gasteiger partial charge is 0.497 e. The number of rotatable bonds is 6. The minimum atomic E-state index is -0.262. The predicted molar refractivity (Wildman–Crippen MR) is 122 cm³/mol. The molecular formula is C23H25ClN6O3. The zero-order chi connectivity index (χ0) is 22.9. The van der Waals surface area contributed by atoms with Gasteiger partial charge in [-0.1, -0.05) is 35.9 Å². The Morgan fingerprint density at radius 3 is 2.61 bits per heavy atom. The van der Waals surface area contributed by atoms with Crippen LogP contribution in [-0.2, 0) is 11.3 Å². The maximum Gasteiger partial charge on any atom is 0.340 e. The highest BCUT2D eigenvalue weighted by molar-refractivity contribution is 6.30. The number of carbonyl (C=O) groups is 2. The second-order valence-electron chi connectivity index (χ2n) is 8.22. The van der Waals surface area contributed by atoms with E-state index in [1.165, 1.54) is 5.01 Å². The summed E-state index contributed by atoms with van der Waals surface area (Å²) in [6.07, 6.45) is 4.15. The quantitative estimate of drug-likeness (QED) is 0.603. The van der Waals surface area contributed by atoms with E-state index < -0.39 is 0 Å². The van der Waals surface area contributed by atoms with Gasteiger partial charge in [0.2, 0.25) is 5.91 Å². The first kappa shape index (κ1) is 21.6. The van der Waals surface area contributed by atoms with Crippen LogP contribution < -0.4 is 20.9 Å². The van der Waals surface area contributed by atoms with Crippen molar-refractivity contribution < 1.29 is 14.3 Å². The summed E-state index contributed by atoms with van der Waals surface area (Å²) in [7, 11) is 1.65. The molecule has 9 nitrogen and oxygen atoms in total. The highest BCUT2D eigenvalue weighted by Crippen LogP contribution is 2.35. The van der Waals surface area contributed by atoms with E-state index in [9.17, 15) is 9.59 Å². The Labute approximate surface area is 196 Å². The highest BCUT2D eigenvalue weighted by Gasteiger charge is 2.48. The number of fused-ring (bicyclic) bond motifs is 3. The molecular weight excluding hydrogens is 444 g/mol. The van der Waals surface area contributed by atoms with Gasteiger partial charge in [0.25, 0.3) is 0 Å². The molecule has 3 aliphatic rings. The monoisotopic (exact) mass is 468 g/mol. The number of halogens is 1. The topological polar surface area (TPSA) is 89.2 Å². The summed E-state index contributed by atoms with van der Waals surface area (Å²) in [4.78, 5) is 27.0. The van der Waals surface area contributed by atoms with Crippen LogP contribution in [-0.4, -0.2) is 52.7 Å². The minimum absolute atomic E-state index is 0.0215. The molecule has 3 atom stereocenters. The van der Waals surface area contributed by atoms with E-state index >= 15 is 0 Å². The van der Waals surface area contributed by atoms with Gasteiger partial charge < -0.3 is 15.1 Å². The summed E-state index contributed by atoms with van der Waals surface area (Å²) in [5, 5.41) is 6.89. The number of carbonyl (C=O) groups excluding carboxylic acids is 2. The highest BCUT2D eigenvalue weighted by atomic mass is 35.5. The third-order valence-corrected chi connectivity index (χ3v) is 6.41. The molecule has 0 aliphatic carbocycles. The maximum atomic E-state index is 12.9. The van der Waals surface area contributed by atoms with Crippen molar-refractivity contribution in [1.29, 1.82) is 0 Å². The molecule has 2 saturated heterocycles. The van der Waals surface area contributed by atoms with Crippen molar-refractivity contribution in [1.82, 2.24) is 31.1 Å². The number of methoxy groups -OCH3 is 1. The van der Waals surface area contributed by atoms with Crippen LogP contribution in [0.5, 0.6) is 5.75 Å². The Hall–Kier alpha value is -3.27. The number of nitrogens with zero attached hydrogens (tertiary/aromatic N) is 3. The lowest BCUT2D eigenvalue weighted by Gasteiger charge is -2.34. The smallest absolute Gasteiger partial charge is 0.340 e. The fourth-order valence-corrected chi connectivity index (χ4v) is 4.51. The van der Waals surface area contributed by atoms with E-state index in [0.717, 1.165) is 23.3 Å². The summed E-state index contributed by atoms with van der Waals surface area (Å²) >= 11 is 5.90. The SMILES string of the molecule is COc1ccc(C2CC3C4NN(CC(=O)NCc5ccc(Cl)cc5)C(=O)N4C=CN3N2)cc1. The summed E-state index contributed by atoms with van der Waals surface area (Å²) in [6, 6.07) is 15.1. The van der Waals surface area contributed by atoms with Crippen molar-refractivity contribution in [2.24, 2.45) is 0 Å². The van der Waals surface area contributed by atoms with Crippen molar-refractivity contribution in [2.75, 3.05) is 13.7 Å². The van der Waals surface area contributed by atoms with Gasteiger partial charge in [-0.2, -0.15) is 0 Å².